The van der Waals surface area contributed by atoms with E-state index in [1.165, 1.54) is 7.11 Å². The molecule has 2 aromatic carbocycles. The topological polar surface area (TPSA) is 156 Å². The SMILES string of the molecule is COc1cc(CC(=O)NC(CC(C)C)c2noc(CC(C)C(=O)O)n2)ccc1NC(=O)Nc1ccccc1C. The number of anilines is 2. The zero-order valence-corrected chi connectivity index (χ0v) is 22.8. The molecule has 0 radical (unpaired) electrons. The number of hydrogen-bond donors (Lipinski definition) is 4. The number of aromatic nitrogens is 2. The van der Waals surface area contributed by atoms with Gasteiger partial charge in [-0.1, -0.05) is 50.2 Å². The number of carbonyl (C=O) groups excluding carboxylic acids is 2. The molecule has 11 nitrogen and oxygen atoms in total. The number of carbonyl (C=O) groups is 3. The highest BCUT2D eigenvalue weighted by Gasteiger charge is 2.24. The molecule has 0 saturated heterocycles. The molecule has 208 valence electrons. The normalized spacial score (nSPS) is 12.5. The van der Waals surface area contributed by atoms with Crippen LogP contribution in [0.25, 0.3) is 0 Å². The van der Waals surface area contributed by atoms with Crippen LogP contribution < -0.4 is 20.7 Å². The summed E-state index contributed by atoms with van der Waals surface area (Å²) in [5.74, 6) is -0.724. The van der Waals surface area contributed by atoms with Gasteiger partial charge in [-0.05, 0) is 48.6 Å². The number of hydrogen-bond acceptors (Lipinski definition) is 7. The lowest BCUT2D eigenvalue weighted by Gasteiger charge is -2.18. The van der Waals surface area contributed by atoms with Gasteiger partial charge in [0.05, 0.1) is 31.2 Å². The molecule has 3 aromatic rings. The highest BCUT2D eigenvalue weighted by Crippen LogP contribution is 2.27. The first-order valence-corrected chi connectivity index (χ1v) is 12.7. The van der Waals surface area contributed by atoms with Crippen LogP contribution in [0.1, 0.15) is 56.1 Å². The van der Waals surface area contributed by atoms with Crippen molar-refractivity contribution in [3.8, 4) is 5.75 Å². The minimum Gasteiger partial charge on any atom is -0.495 e. The van der Waals surface area contributed by atoms with Gasteiger partial charge in [0.25, 0.3) is 0 Å². The molecule has 2 atom stereocenters. The summed E-state index contributed by atoms with van der Waals surface area (Å²) in [6.07, 6.45) is 0.733. The van der Waals surface area contributed by atoms with E-state index in [2.05, 4.69) is 26.1 Å². The van der Waals surface area contributed by atoms with Crippen molar-refractivity contribution >= 4 is 29.3 Å². The second kappa shape index (κ2) is 13.4. The maximum atomic E-state index is 13.0. The van der Waals surface area contributed by atoms with Gasteiger partial charge in [0.15, 0.2) is 5.82 Å². The van der Waals surface area contributed by atoms with E-state index >= 15 is 0 Å². The van der Waals surface area contributed by atoms with Gasteiger partial charge in [-0.25, -0.2) is 4.79 Å². The van der Waals surface area contributed by atoms with Crippen molar-refractivity contribution in [2.45, 2.75) is 53.0 Å². The zero-order valence-electron chi connectivity index (χ0n) is 22.8. The van der Waals surface area contributed by atoms with E-state index in [9.17, 15) is 14.4 Å². The summed E-state index contributed by atoms with van der Waals surface area (Å²) in [5, 5.41) is 21.7. The number of aliphatic carboxylic acids is 1. The molecular weight excluding hydrogens is 502 g/mol. The van der Waals surface area contributed by atoms with Crippen LogP contribution in [0.5, 0.6) is 5.75 Å². The number of rotatable bonds is 12. The Morgan fingerprint density at radius 1 is 1.05 bits per heavy atom. The number of urea groups is 1. The molecule has 0 aliphatic carbocycles. The Morgan fingerprint density at radius 2 is 1.77 bits per heavy atom. The third-order valence-corrected chi connectivity index (χ3v) is 6.01. The summed E-state index contributed by atoms with van der Waals surface area (Å²) in [4.78, 5) is 40.9. The first kappa shape index (κ1) is 29.2. The predicted octanol–water partition coefficient (Wildman–Crippen LogP) is 4.74. The van der Waals surface area contributed by atoms with Crippen LogP contribution in [0.4, 0.5) is 16.2 Å². The van der Waals surface area contributed by atoms with Crippen molar-refractivity contribution in [3.63, 3.8) is 0 Å². The van der Waals surface area contributed by atoms with Gasteiger partial charge in [-0.15, -0.1) is 0 Å². The standard InChI is InChI=1S/C28H35N5O6/c1-16(2)12-22(26-32-25(39-33-26)13-18(4)27(35)36)29-24(34)15-19-10-11-21(23(14-19)38-5)31-28(37)30-20-9-7-6-8-17(20)3/h6-11,14,16,18,22H,12-13,15H2,1-5H3,(H,29,34)(H,35,36)(H2,30,31,37). The Morgan fingerprint density at radius 3 is 2.44 bits per heavy atom. The van der Waals surface area contributed by atoms with Crippen molar-refractivity contribution in [1.82, 2.24) is 15.5 Å². The highest BCUT2D eigenvalue weighted by atomic mass is 16.5. The fraction of sp³-hybridized carbons (Fsp3) is 0.393. The Hall–Kier alpha value is -4.41. The van der Waals surface area contributed by atoms with Crippen LogP contribution in [-0.4, -0.2) is 40.3 Å². The van der Waals surface area contributed by atoms with Gasteiger partial charge in [0.1, 0.15) is 5.75 Å². The third-order valence-electron chi connectivity index (χ3n) is 6.01. The number of carboxylic acid groups (broad SMARTS) is 1. The predicted molar refractivity (Wildman–Crippen MR) is 146 cm³/mol. The number of ether oxygens (including phenoxy) is 1. The minimum atomic E-state index is -0.953. The smallest absolute Gasteiger partial charge is 0.323 e. The fourth-order valence-corrected chi connectivity index (χ4v) is 3.91. The Bertz CT molecular complexity index is 1310. The fourth-order valence-electron chi connectivity index (χ4n) is 3.91. The van der Waals surface area contributed by atoms with Gasteiger partial charge in [-0.2, -0.15) is 4.98 Å². The molecule has 4 N–H and O–H groups in total. The molecule has 3 amide bonds. The van der Waals surface area contributed by atoms with E-state index in [1.807, 2.05) is 45.0 Å². The monoisotopic (exact) mass is 537 g/mol. The van der Waals surface area contributed by atoms with Crippen molar-refractivity contribution in [2.24, 2.45) is 11.8 Å². The van der Waals surface area contributed by atoms with E-state index in [4.69, 9.17) is 14.4 Å². The van der Waals surface area contributed by atoms with E-state index in [0.717, 1.165) is 5.56 Å². The summed E-state index contributed by atoms with van der Waals surface area (Å²) in [6, 6.07) is 11.6. The molecule has 1 heterocycles. The molecule has 11 heteroatoms. The molecule has 0 bridgehead atoms. The lowest BCUT2D eigenvalue weighted by atomic mass is 10.0. The summed E-state index contributed by atoms with van der Waals surface area (Å²) in [5.41, 5.74) is 2.77. The number of methoxy groups -OCH3 is 1. The summed E-state index contributed by atoms with van der Waals surface area (Å²) >= 11 is 0. The molecule has 0 aliphatic heterocycles. The third kappa shape index (κ3) is 8.56. The second-order valence-corrected chi connectivity index (χ2v) is 9.84. The van der Waals surface area contributed by atoms with E-state index in [-0.39, 0.29) is 30.6 Å². The summed E-state index contributed by atoms with van der Waals surface area (Å²) in [6.45, 7) is 7.49. The van der Waals surface area contributed by atoms with Gasteiger partial charge in [-0.3, -0.25) is 9.59 Å². The first-order valence-electron chi connectivity index (χ1n) is 12.7. The zero-order chi connectivity index (χ0) is 28.5. The average molecular weight is 538 g/mol. The molecular formula is C28H35N5O6. The molecule has 2 unspecified atom stereocenters. The van der Waals surface area contributed by atoms with Crippen LogP contribution in [0.2, 0.25) is 0 Å². The van der Waals surface area contributed by atoms with Crippen LogP contribution in [0.3, 0.4) is 0 Å². The average Bonchev–Trinajstić information content (AvgIpc) is 3.34. The summed E-state index contributed by atoms with van der Waals surface area (Å²) in [7, 11) is 1.49. The molecule has 0 spiro atoms. The van der Waals surface area contributed by atoms with Crippen LogP contribution in [-0.2, 0) is 22.4 Å². The molecule has 0 saturated carbocycles. The summed E-state index contributed by atoms with van der Waals surface area (Å²) < 4.78 is 10.7. The number of benzene rings is 2. The van der Waals surface area contributed by atoms with E-state index in [0.29, 0.717) is 34.9 Å². The van der Waals surface area contributed by atoms with Crippen molar-refractivity contribution in [1.29, 1.82) is 0 Å². The number of nitrogens with zero attached hydrogens (tertiary/aromatic N) is 2. The Labute approximate surface area is 227 Å². The number of carboxylic acids is 1. The van der Waals surface area contributed by atoms with Crippen molar-refractivity contribution in [2.75, 3.05) is 17.7 Å². The lowest BCUT2D eigenvalue weighted by molar-refractivity contribution is -0.141. The lowest BCUT2D eigenvalue weighted by Crippen LogP contribution is -2.31. The van der Waals surface area contributed by atoms with Crippen molar-refractivity contribution < 1.29 is 28.8 Å². The van der Waals surface area contributed by atoms with E-state index < -0.39 is 24.0 Å². The highest BCUT2D eigenvalue weighted by molar-refractivity contribution is 6.01. The van der Waals surface area contributed by atoms with Crippen molar-refractivity contribution in [3.05, 3.63) is 65.3 Å². The van der Waals surface area contributed by atoms with Gasteiger partial charge in [0, 0.05) is 12.1 Å². The van der Waals surface area contributed by atoms with Crippen LogP contribution in [0.15, 0.2) is 47.0 Å². The van der Waals surface area contributed by atoms with Gasteiger partial charge < -0.3 is 30.3 Å². The molecule has 0 aliphatic rings. The first-order chi connectivity index (χ1) is 18.5. The van der Waals surface area contributed by atoms with Gasteiger partial charge in [0.2, 0.25) is 11.8 Å². The largest absolute Gasteiger partial charge is 0.495 e. The molecule has 0 fully saturated rings. The molecule has 1 aromatic heterocycles. The molecule has 3 rings (SSSR count). The number of nitrogens with one attached hydrogen (secondary N) is 3. The second-order valence-electron chi connectivity index (χ2n) is 9.84. The Balaban J connectivity index is 1.65. The van der Waals surface area contributed by atoms with Crippen LogP contribution >= 0.6 is 0 Å². The minimum absolute atomic E-state index is 0.0569. The maximum Gasteiger partial charge on any atom is 0.323 e. The Kier molecular flexibility index (Phi) is 10.0. The number of para-hydroxylation sites is 1. The number of amides is 3. The molecule has 39 heavy (non-hydrogen) atoms. The number of aryl methyl sites for hydroxylation is 1. The maximum absolute atomic E-state index is 13.0. The van der Waals surface area contributed by atoms with E-state index in [1.54, 1.807) is 25.1 Å². The van der Waals surface area contributed by atoms with Gasteiger partial charge >= 0.3 is 12.0 Å². The van der Waals surface area contributed by atoms with Crippen LogP contribution in [0, 0.1) is 18.8 Å². The quantitative estimate of drug-likeness (QED) is 0.258.